The van der Waals surface area contributed by atoms with Crippen molar-refractivity contribution in [3.8, 4) is 0 Å². The molecule has 0 fully saturated rings. The van der Waals surface area contributed by atoms with Crippen molar-refractivity contribution in [2.75, 3.05) is 19.4 Å². The number of amides is 1. The average Bonchev–Trinajstić information content (AvgIpc) is 2.74. The van der Waals surface area contributed by atoms with Crippen LogP contribution in [-0.2, 0) is 4.79 Å². The molecule has 0 N–H and O–H groups in total. The lowest BCUT2D eigenvalue weighted by atomic mass is 10.4. The van der Waals surface area contributed by atoms with Gasteiger partial charge in [-0.05, 0) is 19.1 Å². The molecule has 0 atom stereocenters. The third-order valence-corrected chi connectivity index (χ3v) is 3.22. The molecule has 0 aromatic heterocycles. The fraction of sp³-hybridized carbons (Fsp3) is 0.389. The molecule has 0 spiro atoms. The Morgan fingerprint density at radius 2 is 1.00 bits per heavy atom. The number of carbonyl (C=O) groups is 1. The molecule has 0 radical (unpaired) electrons. The van der Waals surface area contributed by atoms with E-state index >= 15 is 0 Å². The smallest absolute Gasteiger partial charge is 0.266 e. The molecule has 0 unspecified atom stereocenters. The summed E-state index contributed by atoms with van der Waals surface area (Å²) in [6.45, 7) is 1.70. The van der Waals surface area contributed by atoms with Gasteiger partial charge in [-0.15, -0.1) is 46.4 Å². The van der Waals surface area contributed by atoms with Crippen molar-refractivity contribution in [2.45, 2.75) is 19.3 Å². The number of halogens is 19. The van der Waals surface area contributed by atoms with Gasteiger partial charge in [0.1, 0.15) is 18.3 Å². The zero-order valence-corrected chi connectivity index (χ0v) is 33.8. The summed E-state index contributed by atoms with van der Waals surface area (Å²) in [6, 6.07) is 9.44. The second-order valence-corrected chi connectivity index (χ2v) is 15.9. The van der Waals surface area contributed by atoms with Crippen molar-refractivity contribution in [3.05, 3.63) is 54.4 Å². The maximum Gasteiger partial charge on any atom is 0.266 e. The molecule has 2 nitrogen and oxygen atoms in total. The maximum absolute atomic E-state index is 9.43. The largest absolute Gasteiger partial charge is 0.351 e. The summed E-state index contributed by atoms with van der Waals surface area (Å²) in [4.78, 5) is 10.7. The first-order chi connectivity index (χ1) is 17.5. The van der Waals surface area contributed by atoms with Crippen LogP contribution >= 0.6 is 220 Å². The molecular formula is C18H20Cl19NO. The van der Waals surface area contributed by atoms with Gasteiger partial charge in [0, 0.05) is 24.7 Å². The zero-order chi connectivity index (χ0) is 33.2. The van der Waals surface area contributed by atoms with Crippen LogP contribution in [0.1, 0.15) is 6.92 Å². The number of rotatable bonds is 1. The molecule has 0 saturated carbocycles. The predicted octanol–water partition coefficient (Wildman–Crippen LogP) is 15.4. The van der Waals surface area contributed by atoms with Crippen LogP contribution in [0.5, 0.6) is 0 Å². The van der Waals surface area contributed by atoms with Crippen molar-refractivity contribution in [1.82, 2.24) is 4.90 Å². The summed E-state index contributed by atoms with van der Waals surface area (Å²) < 4.78 is -2.47. The summed E-state index contributed by atoms with van der Waals surface area (Å²) in [5.74, 6) is 0. The Balaban J connectivity index is -0.0000000608. The standard InChI is InChI=1S/C6H5Cl.C3H7NO.C2Cl4.C2HCl3.C2H4Cl2.CCl4.CHCl3.CH2Cl2/c7-6-4-2-1-3-5-6;1-4(2)3-5;3-1(4)2(5)6;3-1-2(4)5;1-2(3)4;2-1(3,4)5;2-1(3)4;2-1-3/h1-5H;3H,1-2H3;;1H;2H,1H3;;1H;1H2. The molecule has 0 saturated heterocycles. The number of hydrogen-bond donors (Lipinski definition) is 0. The van der Waals surface area contributed by atoms with Crippen molar-refractivity contribution in [3.63, 3.8) is 0 Å². The monoisotopic (exact) mass is 931 g/mol. The molecule has 0 aliphatic heterocycles. The second kappa shape index (κ2) is 46.1. The van der Waals surface area contributed by atoms with E-state index in [0.29, 0.717) is 0 Å². The van der Waals surface area contributed by atoms with Crippen molar-refractivity contribution >= 4 is 227 Å². The van der Waals surface area contributed by atoms with Crippen molar-refractivity contribution in [2.24, 2.45) is 0 Å². The molecule has 21 heteroatoms. The van der Waals surface area contributed by atoms with Gasteiger partial charge in [-0.3, -0.25) is 4.79 Å². The summed E-state index contributed by atoms with van der Waals surface area (Å²) >= 11 is 93.7. The van der Waals surface area contributed by atoms with Crippen molar-refractivity contribution < 1.29 is 4.79 Å². The summed E-state index contributed by atoms with van der Waals surface area (Å²) in [5.41, 5.74) is 1.09. The van der Waals surface area contributed by atoms with E-state index in [4.69, 9.17) is 220 Å². The Labute approximate surface area is 325 Å². The Morgan fingerprint density at radius 1 is 0.821 bits per heavy atom. The third kappa shape index (κ3) is 169. The van der Waals surface area contributed by atoms with E-state index in [9.17, 15) is 4.79 Å². The number of benzene rings is 1. The van der Waals surface area contributed by atoms with Gasteiger partial charge in [0.15, 0.2) is 4.30 Å². The molecule has 1 aromatic carbocycles. The van der Waals surface area contributed by atoms with Crippen LogP contribution in [-0.4, -0.2) is 43.1 Å². The van der Waals surface area contributed by atoms with Gasteiger partial charge in [-0.2, -0.15) is 0 Å². The first kappa shape index (κ1) is 58.2. The highest BCUT2D eigenvalue weighted by molar-refractivity contribution is 6.83. The lowest BCUT2D eigenvalue weighted by Gasteiger charge is -1.93. The van der Waals surface area contributed by atoms with Crippen LogP contribution in [0.4, 0.5) is 0 Å². The minimum atomic E-state index is -1.61. The lowest BCUT2D eigenvalue weighted by molar-refractivity contribution is -0.115. The van der Waals surface area contributed by atoms with Crippen LogP contribution in [0.2, 0.25) is 5.02 Å². The summed E-state index contributed by atoms with van der Waals surface area (Å²) in [6.07, 6.45) is 0.750. The van der Waals surface area contributed by atoms with Gasteiger partial charge >= 0.3 is 0 Å². The number of hydrogen-bond acceptors (Lipinski definition) is 1. The first-order valence-electron chi connectivity index (χ1n) is 8.34. The van der Waals surface area contributed by atoms with Crippen LogP contribution < -0.4 is 0 Å². The van der Waals surface area contributed by atoms with E-state index in [0.717, 1.165) is 17.0 Å². The molecule has 236 valence electrons. The van der Waals surface area contributed by atoms with E-state index in [1.807, 2.05) is 30.3 Å². The molecule has 39 heavy (non-hydrogen) atoms. The molecule has 0 aliphatic carbocycles. The van der Waals surface area contributed by atoms with E-state index < -0.39 is 7.55 Å². The van der Waals surface area contributed by atoms with E-state index in [1.54, 1.807) is 21.0 Å². The molecule has 1 amide bonds. The second-order valence-electron chi connectivity index (χ2n) is 4.58. The number of alkyl halides is 11. The van der Waals surface area contributed by atoms with Gasteiger partial charge in [0.05, 0.1) is 5.34 Å². The van der Waals surface area contributed by atoms with Crippen LogP contribution in [0.3, 0.4) is 0 Å². The summed E-state index contributed by atoms with van der Waals surface area (Å²) in [7, 11) is 3.38. The summed E-state index contributed by atoms with van der Waals surface area (Å²) in [5, 5.41) is 0.988. The molecule has 1 rings (SSSR count). The Morgan fingerprint density at radius 3 is 1.05 bits per heavy atom. The quantitative estimate of drug-likeness (QED) is 0.203. The zero-order valence-electron chi connectivity index (χ0n) is 19.4. The number of nitrogens with zero attached hydrogens (tertiary/aromatic N) is 1. The Kier molecular flexibility index (Phi) is 68.8. The molecule has 0 bridgehead atoms. The van der Waals surface area contributed by atoms with Gasteiger partial charge < -0.3 is 4.90 Å². The molecule has 1 aromatic rings. The van der Waals surface area contributed by atoms with Crippen LogP contribution in [0.25, 0.3) is 0 Å². The highest BCUT2D eigenvalue weighted by Gasteiger charge is 2.11. The molecule has 0 heterocycles. The fourth-order valence-corrected chi connectivity index (χ4v) is 0.560. The van der Waals surface area contributed by atoms with Crippen LogP contribution in [0, 0.1) is 0 Å². The van der Waals surface area contributed by atoms with Gasteiger partial charge in [0.2, 0.25) is 6.41 Å². The Bertz CT molecular complexity index is 612. The number of carbonyl (C=O) groups excluding carboxylic acids is 1. The van der Waals surface area contributed by atoms with E-state index in [1.165, 1.54) is 4.90 Å². The molecule has 0 aliphatic rings. The van der Waals surface area contributed by atoms with Gasteiger partial charge in [-0.1, -0.05) is 192 Å². The van der Waals surface area contributed by atoms with E-state index in [2.05, 4.69) is 0 Å². The average molecular weight is 940 g/mol. The predicted molar refractivity (Wildman–Crippen MR) is 193 cm³/mol. The maximum atomic E-state index is 9.43. The van der Waals surface area contributed by atoms with Crippen LogP contribution in [0.15, 0.2) is 49.3 Å². The lowest BCUT2D eigenvalue weighted by Crippen LogP contribution is -2.06. The SMILES string of the molecule is CC(Cl)Cl.CN(C)C=O.ClC(Cl)(Cl)Cl.ClC(Cl)=C(Cl)Cl.ClC(Cl)Cl.ClC=C(Cl)Cl.ClCCl.Clc1ccccc1. The third-order valence-electron chi connectivity index (χ3n) is 1.17. The topological polar surface area (TPSA) is 20.3 Å². The highest BCUT2D eigenvalue weighted by atomic mass is 35.6. The van der Waals surface area contributed by atoms with Gasteiger partial charge in [0.25, 0.3) is 3.25 Å². The first-order valence-corrected chi connectivity index (χ1v) is 16.2. The molecular weight excluding hydrogens is 920 g/mol. The van der Waals surface area contributed by atoms with E-state index in [-0.39, 0.29) is 23.6 Å². The fourth-order valence-electron chi connectivity index (χ4n) is 0.415. The van der Waals surface area contributed by atoms with Gasteiger partial charge in [-0.25, -0.2) is 0 Å². The minimum absolute atomic E-state index is 0.0895. The Hall–Kier alpha value is 3.68. The van der Waals surface area contributed by atoms with Crippen molar-refractivity contribution in [1.29, 1.82) is 0 Å². The minimum Gasteiger partial charge on any atom is -0.351 e. The normalized spacial score (nSPS) is 8.41. The highest BCUT2D eigenvalue weighted by Crippen LogP contribution is 2.29.